The van der Waals surface area contributed by atoms with E-state index in [0.29, 0.717) is 22.8 Å². The second-order valence-electron chi connectivity index (χ2n) is 4.64. The zero-order chi connectivity index (χ0) is 16.3. The number of nitrogens with one attached hydrogen (secondary N) is 1. The lowest BCUT2D eigenvalue weighted by atomic mass is 10.0. The van der Waals surface area contributed by atoms with E-state index in [-0.39, 0.29) is 11.5 Å². The molecule has 1 fully saturated rings. The minimum atomic E-state index is -1.02. The maximum absolute atomic E-state index is 12.3. The van der Waals surface area contributed by atoms with Gasteiger partial charge in [0.05, 0.1) is 27.0 Å². The second kappa shape index (κ2) is 6.34. The Bertz CT molecular complexity index is 663. The highest BCUT2D eigenvalue weighted by Crippen LogP contribution is 2.29. The molecule has 1 aliphatic heterocycles. The summed E-state index contributed by atoms with van der Waals surface area (Å²) in [6, 6.07) is 5.22. The molecule has 1 heterocycles. The predicted molar refractivity (Wildman–Crippen MR) is 80.3 cm³/mol. The van der Waals surface area contributed by atoms with Gasteiger partial charge in [0.1, 0.15) is 11.5 Å². The summed E-state index contributed by atoms with van der Waals surface area (Å²) in [5.74, 6) is -0.838. The quantitative estimate of drug-likeness (QED) is 0.516. The lowest BCUT2D eigenvalue weighted by Gasteiger charge is -2.08. The topological polar surface area (TPSA) is 73.9 Å². The maximum Gasteiger partial charge on any atom is 0.322 e. The molecule has 1 saturated heterocycles. The van der Waals surface area contributed by atoms with Crippen LogP contribution in [0.15, 0.2) is 36.2 Å². The normalized spacial score (nSPS) is 19.0. The first-order valence-corrected chi connectivity index (χ1v) is 6.53. The molecule has 1 N–H and O–H groups in total. The van der Waals surface area contributed by atoms with E-state index < -0.39 is 11.9 Å². The smallest absolute Gasteiger partial charge is 0.322 e. The number of hydrogen-bond acceptors (Lipinski definition) is 6. The van der Waals surface area contributed by atoms with Crippen molar-refractivity contribution in [1.29, 1.82) is 0 Å². The van der Waals surface area contributed by atoms with E-state index in [2.05, 4.69) is 16.6 Å². The Morgan fingerprint density at radius 1 is 1.27 bits per heavy atom. The summed E-state index contributed by atoms with van der Waals surface area (Å²) in [6.45, 7) is 3.69. The van der Waals surface area contributed by atoms with Crippen LogP contribution in [0, 0.1) is 5.92 Å². The summed E-state index contributed by atoms with van der Waals surface area (Å²) >= 11 is 0. The van der Waals surface area contributed by atoms with Crippen molar-refractivity contribution in [3.8, 4) is 11.5 Å². The number of carbonyl (C=O) groups is 2. The van der Waals surface area contributed by atoms with Crippen molar-refractivity contribution in [2.24, 2.45) is 5.92 Å². The van der Waals surface area contributed by atoms with E-state index in [1.807, 2.05) is 0 Å². The molecule has 6 nitrogen and oxygen atoms in total. The largest absolute Gasteiger partial charge is 0.497 e. The standard InChI is InChI=1S/C16H17NO5/c1-9-14(16(19)22-4)15(18)12(17-9)8-10-7-11(20-2)5-6-13(10)21-3/h5-8,14,17H,1H2,2-4H3. The summed E-state index contributed by atoms with van der Waals surface area (Å²) in [7, 11) is 4.31. The van der Waals surface area contributed by atoms with Crippen LogP contribution >= 0.6 is 0 Å². The van der Waals surface area contributed by atoms with Gasteiger partial charge in [-0.25, -0.2) is 0 Å². The van der Waals surface area contributed by atoms with Gasteiger partial charge in [-0.15, -0.1) is 0 Å². The van der Waals surface area contributed by atoms with Crippen LogP contribution in [0.1, 0.15) is 5.56 Å². The number of esters is 1. The van der Waals surface area contributed by atoms with Gasteiger partial charge in [0.15, 0.2) is 11.7 Å². The molecule has 0 spiro atoms. The molecule has 2 rings (SSSR count). The molecule has 0 aromatic heterocycles. The third kappa shape index (κ3) is 2.81. The zero-order valence-corrected chi connectivity index (χ0v) is 12.6. The van der Waals surface area contributed by atoms with Crippen LogP contribution in [0.4, 0.5) is 0 Å². The lowest BCUT2D eigenvalue weighted by Crippen LogP contribution is -2.21. The first-order chi connectivity index (χ1) is 10.5. The Balaban J connectivity index is 2.40. The van der Waals surface area contributed by atoms with E-state index in [9.17, 15) is 9.59 Å². The summed E-state index contributed by atoms with van der Waals surface area (Å²) in [5.41, 5.74) is 1.20. The van der Waals surface area contributed by atoms with Crippen LogP contribution < -0.4 is 14.8 Å². The molecule has 0 amide bonds. The van der Waals surface area contributed by atoms with Crippen LogP contribution in [-0.4, -0.2) is 33.1 Å². The van der Waals surface area contributed by atoms with Crippen molar-refractivity contribution >= 4 is 17.8 Å². The Morgan fingerprint density at radius 2 is 2.00 bits per heavy atom. The number of methoxy groups -OCH3 is 3. The number of benzene rings is 1. The second-order valence-corrected chi connectivity index (χ2v) is 4.64. The van der Waals surface area contributed by atoms with Crippen molar-refractivity contribution < 1.29 is 23.8 Å². The molecule has 1 aromatic carbocycles. The summed E-state index contributed by atoms with van der Waals surface area (Å²) in [6.07, 6.45) is 1.60. The van der Waals surface area contributed by atoms with Crippen molar-refractivity contribution in [2.45, 2.75) is 0 Å². The predicted octanol–water partition coefficient (Wildman–Crippen LogP) is 1.52. The van der Waals surface area contributed by atoms with Crippen LogP contribution in [0.3, 0.4) is 0 Å². The number of ether oxygens (including phenoxy) is 3. The van der Waals surface area contributed by atoms with Crippen molar-refractivity contribution in [1.82, 2.24) is 5.32 Å². The monoisotopic (exact) mass is 303 g/mol. The van der Waals surface area contributed by atoms with E-state index in [1.165, 1.54) is 14.2 Å². The molecular weight excluding hydrogens is 286 g/mol. The molecule has 22 heavy (non-hydrogen) atoms. The van der Waals surface area contributed by atoms with Crippen molar-refractivity contribution in [3.05, 3.63) is 41.7 Å². The zero-order valence-electron chi connectivity index (χ0n) is 12.6. The average Bonchev–Trinajstić information content (AvgIpc) is 2.80. The Hall–Kier alpha value is -2.76. The van der Waals surface area contributed by atoms with Gasteiger partial charge in [-0.3, -0.25) is 9.59 Å². The Labute approximate surface area is 128 Å². The van der Waals surface area contributed by atoms with Gasteiger partial charge in [0, 0.05) is 11.3 Å². The van der Waals surface area contributed by atoms with Gasteiger partial charge < -0.3 is 19.5 Å². The molecule has 0 saturated carbocycles. The number of carbonyl (C=O) groups excluding carboxylic acids is 2. The number of allylic oxidation sites excluding steroid dienone is 1. The van der Waals surface area contributed by atoms with Crippen molar-refractivity contribution in [2.75, 3.05) is 21.3 Å². The third-order valence-electron chi connectivity index (χ3n) is 3.34. The van der Waals surface area contributed by atoms with E-state index in [0.717, 1.165) is 0 Å². The first kappa shape index (κ1) is 15.6. The molecule has 0 bridgehead atoms. The maximum atomic E-state index is 12.3. The van der Waals surface area contributed by atoms with Gasteiger partial charge in [-0.2, -0.15) is 0 Å². The first-order valence-electron chi connectivity index (χ1n) is 6.53. The minimum Gasteiger partial charge on any atom is -0.497 e. The molecule has 1 unspecified atom stereocenters. The highest BCUT2D eigenvalue weighted by Gasteiger charge is 2.39. The lowest BCUT2D eigenvalue weighted by molar-refractivity contribution is -0.146. The number of rotatable bonds is 4. The van der Waals surface area contributed by atoms with E-state index >= 15 is 0 Å². The molecule has 0 aliphatic carbocycles. The van der Waals surface area contributed by atoms with Gasteiger partial charge in [0.25, 0.3) is 0 Å². The van der Waals surface area contributed by atoms with Crippen LogP contribution in [0.2, 0.25) is 0 Å². The number of ketones is 1. The fourth-order valence-corrected chi connectivity index (χ4v) is 2.20. The number of Topliss-reactive ketones (excluding diaryl/α,β-unsaturated/α-hetero) is 1. The molecule has 0 radical (unpaired) electrons. The molecule has 1 aromatic rings. The summed E-state index contributed by atoms with van der Waals surface area (Å²) in [5, 5.41) is 2.83. The molecule has 1 atom stereocenters. The molecule has 116 valence electrons. The van der Waals surface area contributed by atoms with E-state index in [1.54, 1.807) is 31.4 Å². The fourth-order valence-electron chi connectivity index (χ4n) is 2.20. The van der Waals surface area contributed by atoms with Gasteiger partial charge in [-0.05, 0) is 24.3 Å². The van der Waals surface area contributed by atoms with Gasteiger partial charge >= 0.3 is 5.97 Å². The Morgan fingerprint density at radius 3 is 2.59 bits per heavy atom. The highest BCUT2D eigenvalue weighted by atomic mass is 16.5. The SMILES string of the molecule is C=C1NC(=Cc2cc(OC)ccc2OC)C(=O)C1C(=O)OC. The van der Waals surface area contributed by atoms with Crippen molar-refractivity contribution in [3.63, 3.8) is 0 Å². The highest BCUT2D eigenvalue weighted by molar-refractivity contribution is 6.15. The Kier molecular flexibility index (Phi) is 4.50. The number of hydrogen-bond donors (Lipinski definition) is 1. The van der Waals surface area contributed by atoms with Crippen LogP contribution in [0.5, 0.6) is 11.5 Å². The molecule has 6 heteroatoms. The summed E-state index contributed by atoms with van der Waals surface area (Å²) in [4.78, 5) is 24.0. The average molecular weight is 303 g/mol. The molecular formula is C16H17NO5. The fraction of sp³-hybridized carbons (Fsp3) is 0.250. The minimum absolute atomic E-state index is 0.256. The van der Waals surface area contributed by atoms with E-state index in [4.69, 9.17) is 9.47 Å². The summed E-state index contributed by atoms with van der Waals surface area (Å²) < 4.78 is 15.0. The van der Waals surface area contributed by atoms with Gasteiger partial charge in [-0.1, -0.05) is 6.58 Å². The molecule has 1 aliphatic rings. The van der Waals surface area contributed by atoms with Gasteiger partial charge in [0.2, 0.25) is 0 Å². The third-order valence-corrected chi connectivity index (χ3v) is 3.34. The van der Waals surface area contributed by atoms with Crippen LogP contribution in [0.25, 0.3) is 6.08 Å². The van der Waals surface area contributed by atoms with Crippen LogP contribution in [-0.2, 0) is 14.3 Å².